The van der Waals surface area contributed by atoms with E-state index in [0.29, 0.717) is 5.56 Å². The van der Waals surface area contributed by atoms with Gasteiger partial charge in [-0.15, -0.1) is 0 Å². The van der Waals surface area contributed by atoms with Crippen molar-refractivity contribution < 1.29 is 13.9 Å². The molecule has 20 heavy (non-hydrogen) atoms. The van der Waals surface area contributed by atoms with Gasteiger partial charge in [0.15, 0.2) is 0 Å². The van der Waals surface area contributed by atoms with Crippen molar-refractivity contribution in [3.8, 4) is 0 Å². The molecule has 4 heteroatoms. The molecule has 0 fully saturated rings. The average Bonchev–Trinajstić information content (AvgIpc) is 2.90. The van der Waals surface area contributed by atoms with Crippen molar-refractivity contribution in [2.24, 2.45) is 0 Å². The number of hydrogen-bond acceptors (Lipinski definition) is 2. The van der Waals surface area contributed by atoms with E-state index in [0.717, 1.165) is 30.3 Å². The highest BCUT2D eigenvalue weighted by Crippen LogP contribution is 2.32. The van der Waals surface area contributed by atoms with Crippen LogP contribution in [0.1, 0.15) is 22.8 Å². The zero-order chi connectivity index (χ0) is 14.1. The zero-order valence-corrected chi connectivity index (χ0v) is 10.9. The largest absolute Gasteiger partial charge is 0.388 e. The van der Waals surface area contributed by atoms with Crippen LogP contribution in [0.25, 0.3) is 0 Å². The topological polar surface area (TPSA) is 32.3 Å². The minimum atomic E-state index is -0.810. The Labute approximate surface area is 116 Å². The van der Waals surface area contributed by atoms with Crippen molar-refractivity contribution in [1.29, 1.82) is 0 Å². The van der Waals surface area contributed by atoms with Crippen LogP contribution in [0.5, 0.6) is 0 Å². The number of rotatable bonds is 3. The third kappa shape index (κ3) is 2.39. The van der Waals surface area contributed by atoms with Gasteiger partial charge in [0, 0.05) is 30.3 Å². The Bertz CT molecular complexity index is 642. The molecule has 1 atom stereocenters. The molecule has 0 aromatic heterocycles. The van der Waals surface area contributed by atoms with E-state index in [-0.39, 0.29) is 6.42 Å². The normalized spacial score (nSPS) is 14.8. The molecule has 2 nitrogen and oxygen atoms in total. The van der Waals surface area contributed by atoms with E-state index >= 15 is 0 Å². The second-order valence-corrected chi connectivity index (χ2v) is 5.01. The molecule has 0 spiro atoms. The molecule has 0 amide bonds. The van der Waals surface area contributed by atoms with Crippen LogP contribution in [0, 0.1) is 11.6 Å². The van der Waals surface area contributed by atoms with Crippen molar-refractivity contribution in [3.63, 3.8) is 0 Å². The first-order chi connectivity index (χ1) is 9.65. The molecule has 0 saturated carbocycles. The molecule has 0 aliphatic carbocycles. The van der Waals surface area contributed by atoms with Crippen molar-refractivity contribution >= 4 is 5.69 Å². The Morgan fingerprint density at radius 1 is 1.20 bits per heavy atom. The van der Waals surface area contributed by atoms with Crippen LogP contribution >= 0.6 is 0 Å². The lowest BCUT2D eigenvalue weighted by atomic mass is 9.97. The fourth-order valence-corrected chi connectivity index (χ4v) is 2.65. The van der Waals surface area contributed by atoms with E-state index in [1.165, 1.54) is 17.7 Å². The second kappa shape index (κ2) is 5.21. The van der Waals surface area contributed by atoms with Crippen molar-refractivity contribution in [1.82, 2.24) is 0 Å². The van der Waals surface area contributed by atoms with E-state index in [4.69, 9.17) is 0 Å². The van der Waals surface area contributed by atoms with Gasteiger partial charge in [0.2, 0.25) is 0 Å². The minimum Gasteiger partial charge on any atom is -0.388 e. The molecule has 104 valence electrons. The molecule has 2 aromatic rings. The first-order valence-corrected chi connectivity index (χ1v) is 6.63. The number of halogens is 2. The fourth-order valence-electron chi connectivity index (χ4n) is 2.65. The van der Waals surface area contributed by atoms with Crippen molar-refractivity contribution in [2.75, 3.05) is 11.9 Å². The number of fused-ring (bicyclic) bond motifs is 1. The number of aliphatic hydroxyl groups excluding tert-OH is 1. The molecule has 3 rings (SSSR count). The lowest BCUT2D eigenvalue weighted by Gasteiger charge is -2.16. The van der Waals surface area contributed by atoms with Gasteiger partial charge in [0.05, 0.1) is 6.10 Å². The molecule has 2 N–H and O–H groups in total. The number of benzene rings is 2. The first kappa shape index (κ1) is 13.1. The van der Waals surface area contributed by atoms with Crippen LogP contribution in [-0.4, -0.2) is 11.7 Å². The van der Waals surface area contributed by atoms with E-state index in [1.807, 2.05) is 18.2 Å². The number of hydrogen-bond donors (Lipinski definition) is 2. The monoisotopic (exact) mass is 275 g/mol. The number of para-hydroxylation sites is 1. The lowest BCUT2D eigenvalue weighted by Crippen LogP contribution is -2.06. The van der Waals surface area contributed by atoms with Crippen LogP contribution in [0.3, 0.4) is 0 Å². The van der Waals surface area contributed by atoms with Crippen molar-refractivity contribution in [2.45, 2.75) is 18.9 Å². The van der Waals surface area contributed by atoms with Crippen LogP contribution in [0.4, 0.5) is 14.5 Å². The van der Waals surface area contributed by atoms with Gasteiger partial charge in [-0.3, -0.25) is 0 Å². The smallest absolute Gasteiger partial charge is 0.129 e. The summed E-state index contributed by atoms with van der Waals surface area (Å²) in [7, 11) is 0. The maximum absolute atomic E-state index is 13.6. The predicted octanol–water partition coefficient (Wildman–Crippen LogP) is 3.21. The summed E-state index contributed by atoms with van der Waals surface area (Å²) in [4.78, 5) is 0. The standard InChI is InChI=1S/C16H15F2NO/c17-12-5-4-11(14(18)9-12)8-15(20)13-3-1-2-10-6-7-19-16(10)13/h1-5,9,15,19-20H,6-8H2. The fraction of sp³-hybridized carbons (Fsp3) is 0.250. The Balaban J connectivity index is 1.86. The van der Waals surface area contributed by atoms with E-state index < -0.39 is 17.7 Å². The average molecular weight is 275 g/mol. The summed E-state index contributed by atoms with van der Waals surface area (Å²) in [6.07, 6.45) is 0.251. The quantitative estimate of drug-likeness (QED) is 0.901. The van der Waals surface area contributed by atoms with Gasteiger partial charge in [-0.05, 0) is 23.6 Å². The maximum atomic E-state index is 13.6. The van der Waals surface area contributed by atoms with Gasteiger partial charge in [-0.25, -0.2) is 8.78 Å². The summed E-state index contributed by atoms with van der Waals surface area (Å²) < 4.78 is 26.5. The maximum Gasteiger partial charge on any atom is 0.129 e. The highest BCUT2D eigenvalue weighted by atomic mass is 19.1. The molecular formula is C16H15F2NO. The van der Waals surface area contributed by atoms with Crippen LogP contribution in [-0.2, 0) is 12.8 Å². The highest BCUT2D eigenvalue weighted by Gasteiger charge is 2.20. The van der Waals surface area contributed by atoms with Gasteiger partial charge in [-0.2, -0.15) is 0 Å². The van der Waals surface area contributed by atoms with E-state index in [9.17, 15) is 13.9 Å². The Morgan fingerprint density at radius 3 is 2.85 bits per heavy atom. The summed E-state index contributed by atoms with van der Waals surface area (Å²) in [6, 6.07) is 9.18. The van der Waals surface area contributed by atoms with Crippen molar-refractivity contribution in [3.05, 3.63) is 64.7 Å². The van der Waals surface area contributed by atoms with Gasteiger partial charge >= 0.3 is 0 Å². The van der Waals surface area contributed by atoms with Crippen LogP contribution in [0.2, 0.25) is 0 Å². The van der Waals surface area contributed by atoms with E-state index in [1.54, 1.807) is 0 Å². The number of nitrogens with one attached hydrogen (secondary N) is 1. The highest BCUT2D eigenvalue weighted by molar-refractivity contribution is 5.62. The van der Waals surface area contributed by atoms with Crippen LogP contribution < -0.4 is 5.32 Å². The summed E-state index contributed by atoms with van der Waals surface area (Å²) >= 11 is 0. The summed E-state index contributed by atoms with van der Waals surface area (Å²) in [6.45, 7) is 0.851. The van der Waals surface area contributed by atoms with Crippen LogP contribution in [0.15, 0.2) is 36.4 Å². The van der Waals surface area contributed by atoms with Gasteiger partial charge < -0.3 is 10.4 Å². The molecule has 1 aliphatic rings. The predicted molar refractivity (Wildman–Crippen MR) is 73.7 cm³/mol. The third-order valence-corrected chi connectivity index (χ3v) is 3.67. The number of anilines is 1. The van der Waals surface area contributed by atoms with Gasteiger partial charge in [-0.1, -0.05) is 24.3 Å². The lowest BCUT2D eigenvalue weighted by molar-refractivity contribution is 0.178. The van der Waals surface area contributed by atoms with Gasteiger partial charge in [0.25, 0.3) is 0 Å². The molecule has 1 heterocycles. The Kier molecular flexibility index (Phi) is 3.40. The molecule has 0 bridgehead atoms. The molecule has 0 radical (unpaired) electrons. The molecule has 1 aliphatic heterocycles. The Morgan fingerprint density at radius 2 is 2.05 bits per heavy atom. The molecule has 1 unspecified atom stereocenters. The first-order valence-electron chi connectivity index (χ1n) is 6.63. The molecular weight excluding hydrogens is 260 g/mol. The third-order valence-electron chi connectivity index (χ3n) is 3.67. The Hall–Kier alpha value is -1.94. The summed E-state index contributed by atoms with van der Waals surface area (Å²) in [5.74, 6) is -1.23. The second-order valence-electron chi connectivity index (χ2n) is 5.01. The van der Waals surface area contributed by atoms with Gasteiger partial charge in [0.1, 0.15) is 11.6 Å². The molecule has 0 saturated heterocycles. The van der Waals surface area contributed by atoms with E-state index in [2.05, 4.69) is 5.32 Å². The number of aliphatic hydroxyl groups is 1. The molecule has 2 aromatic carbocycles. The zero-order valence-electron chi connectivity index (χ0n) is 10.9. The summed E-state index contributed by atoms with van der Waals surface area (Å²) in [5.41, 5.74) is 3.20. The summed E-state index contributed by atoms with van der Waals surface area (Å²) in [5, 5.41) is 13.6. The minimum absolute atomic E-state index is 0.129. The SMILES string of the molecule is OC(Cc1ccc(F)cc1F)c1cccc2c1NCC2.